The fourth-order valence-electron chi connectivity index (χ4n) is 1.21. The van der Waals surface area contributed by atoms with E-state index in [1.54, 1.807) is 12.1 Å². The second-order valence-corrected chi connectivity index (χ2v) is 5.29. The standard InChI is InChI=1S/C11H15NO5S/c1-9-3-5-10(6-4-9)18(15,16)17-8-2-7-12-11(13)14/h3-6,12H,2,7-8H2,1H3,(H,13,14). The number of benzene rings is 1. The third kappa shape index (κ3) is 4.72. The van der Waals surface area contributed by atoms with Gasteiger partial charge in [0.05, 0.1) is 11.5 Å². The van der Waals surface area contributed by atoms with Crippen LogP contribution in [0.5, 0.6) is 0 Å². The number of hydrogen-bond acceptors (Lipinski definition) is 4. The maximum absolute atomic E-state index is 11.7. The minimum Gasteiger partial charge on any atom is -0.465 e. The molecule has 0 aliphatic rings. The van der Waals surface area contributed by atoms with Crippen molar-refractivity contribution < 1.29 is 22.5 Å². The van der Waals surface area contributed by atoms with E-state index in [4.69, 9.17) is 9.29 Å². The van der Waals surface area contributed by atoms with Crippen LogP contribution in [-0.4, -0.2) is 32.8 Å². The van der Waals surface area contributed by atoms with Crippen LogP contribution in [0.2, 0.25) is 0 Å². The Labute approximate surface area is 106 Å². The highest BCUT2D eigenvalue weighted by atomic mass is 32.2. The average molecular weight is 273 g/mol. The number of rotatable bonds is 6. The molecular weight excluding hydrogens is 258 g/mol. The summed E-state index contributed by atoms with van der Waals surface area (Å²) in [5, 5.41) is 10.4. The van der Waals surface area contributed by atoms with Gasteiger partial charge in [0.25, 0.3) is 10.1 Å². The van der Waals surface area contributed by atoms with Crippen LogP contribution in [0.25, 0.3) is 0 Å². The summed E-state index contributed by atoms with van der Waals surface area (Å²) in [7, 11) is -3.75. The zero-order valence-electron chi connectivity index (χ0n) is 9.92. The van der Waals surface area contributed by atoms with Crippen molar-refractivity contribution in [1.29, 1.82) is 0 Å². The molecule has 0 saturated heterocycles. The molecule has 0 unspecified atom stereocenters. The SMILES string of the molecule is Cc1ccc(S(=O)(=O)OCCCNC(=O)O)cc1. The number of amides is 1. The van der Waals surface area contributed by atoms with Gasteiger partial charge in [-0.2, -0.15) is 8.42 Å². The maximum atomic E-state index is 11.7. The van der Waals surface area contributed by atoms with Crippen molar-refractivity contribution in [3.8, 4) is 0 Å². The first-order chi connectivity index (χ1) is 8.42. The summed E-state index contributed by atoms with van der Waals surface area (Å²) in [4.78, 5) is 10.2. The minimum atomic E-state index is -3.75. The van der Waals surface area contributed by atoms with Gasteiger partial charge in [-0.1, -0.05) is 17.7 Å². The van der Waals surface area contributed by atoms with Crippen molar-refractivity contribution in [1.82, 2.24) is 5.32 Å². The number of carbonyl (C=O) groups is 1. The van der Waals surface area contributed by atoms with Gasteiger partial charge < -0.3 is 10.4 Å². The lowest BCUT2D eigenvalue weighted by Gasteiger charge is -2.06. The van der Waals surface area contributed by atoms with E-state index < -0.39 is 16.2 Å². The summed E-state index contributed by atoms with van der Waals surface area (Å²) in [6.45, 7) is 1.95. The molecule has 0 aliphatic carbocycles. The Morgan fingerprint density at radius 3 is 2.50 bits per heavy atom. The highest BCUT2D eigenvalue weighted by Gasteiger charge is 2.14. The van der Waals surface area contributed by atoms with Crippen LogP contribution in [0.15, 0.2) is 29.2 Å². The fourth-order valence-corrected chi connectivity index (χ4v) is 2.15. The predicted octanol–water partition coefficient (Wildman–Crippen LogP) is 1.36. The molecule has 0 bridgehead atoms. The molecule has 6 nitrogen and oxygen atoms in total. The third-order valence-corrected chi connectivity index (χ3v) is 3.47. The van der Waals surface area contributed by atoms with Crippen LogP contribution < -0.4 is 5.32 Å². The van der Waals surface area contributed by atoms with Gasteiger partial charge in [0.15, 0.2) is 0 Å². The second-order valence-electron chi connectivity index (χ2n) is 3.67. The van der Waals surface area contributed by atoms with E-state index in [0.29, 0.717) is 0 Å². The lowest BCUT2D eigenvalue weighted by molar-refractivity contribution is 0.193. The molecule has 0 saturated carbocycles. The third-order valence-electron chi connectivity index (χ3n) is 2.15. The molecule has 0 aliphatic heterocycles. The fraction of sp³-hybridized carbons (Fsp3) is 0.364. The molecule has 100 valence electrons. The van der Waals surface area contributed by atoms with Gasteiger partial charge >= 0.3 is 6.09 Å². The normalized spacial score (nSPS) is 11.2. The first-order valence-corrected chi connectivity index (χ1v) is 6.75. The lowest BCUT2D eigenvalue weighted by atomic mass is 10.2. The highest BCUT2D eigenvalue weighted by molar-refractivity contribution is 7.86. The Morgan fingerprint density at radius 1 is 1.33 bits per heavy atom. The molecule has 0 radical (unpaired) electrons. The van der Waals surface area contributed by atoms with E-state index >= 15 is 0 Å². The molecule has 0 spiro atoms. The van der Waals surface area contributed by atoms with Crippen molar-refractivity contribution in [2.75, 3.05) is 13.2 Å². The molecule has 0 aromatic heterocycles. The summed E-state index contributed by atoms with van der Waals surface area (Å²) in [6, 6.07) is 6.31. The summed E-state index contributed by atoms with van der Waals surface area (Å²) in [5.74, 6) is 0. The van der Waals surface area contributed by atoms with Gasteiger partial charge in [-0.15, -0.1) is 0 Å². The summed E-state index contributed by atoms with van der Waals surface area (Å²) >= 11 is 0. The largest absolute Gasteiger partial charge is 0.465 e. The van der Waals surface area contributed by atoms with Crippen LogP contribution in [-0.2, 0) is 14.3 Å². The van der Waals surface area contributed by atoms with Crippen LogP contribution >= 0.6 is 0 Å². The van der Waals surface area contributed by atoms with Gasteiger partial charge in [0, 0.05) is 6.54 Å². The van der Waals surface area contributed by atoms with Gasteiger partial charge in [-0.25, -0.2) is 4.79 Å². The van der Waals surface area contributed by atoms with Gasteiger partial charge in [0.1, 0.15) is 0 Å². The number of aryl methyl sites for hydroxylation is 1. The molecule has 18 heavy (non-hydrogen) atoms. The Balaban J connectivity index is 2.45. The van der Waals surface area contributed by atoms with Crippen molar-refractivity contribution in [3.05, 3.63) is 29.8 Å². The molecule has 1 aromatic rings. The molecule has 0 fully saturated rings. The van der Waals surface area contributed by atoms with Crippen LogP contribution in [0, 0.1) is 6.92 Å². The lowest BCUT2D eigenvalue weighted by Crippen LogP contribution is -2.23. The second kappa shape index (κ2) is 6.36. The molecule has 2 N–H and O–H groups in total. The first-order valence-electron chi connectivity index (χ1n) is 5.35. The Hall–Kier alpha value is -1.60. The van der Waals surface area contributed by atoms with Crippen LogP contribution in [0.3, 0.4) is 0 Å². The van der Waals surface area contributed by atoms with Gasteiger partial charge in [-0.05, 0) is 25.5 Å². The van der Waals surface area contributed by atoms with Crippen molar-refractivity contribution in [2.24, 2.45) is 0 Å². The highest BCUT2D eigenvalue weighted by Crippen LogP contribution is 2.13. The minimum absolute atomic E-state index is 0.0590. The summed E-state index contributed by atoms with van der Waals surface area (Å²) in [5.41, 5.74) is 0.958. The topological polar surface area (TPSA) is 92.7 Å². The smallest absolute Gasteiger partial charge is 0.404 e. The van der Waals surface area contributed by atoms with E-state index in [1.807, 2.05) is 6.92 Å². The molecule has 1 aromatic carbocycles. The summed E-state index contributed by atoms with van der Waals surface area (Å²) in [6.07, 6.45) is -0.853. The average Bonchev–Trinajstić information content (AvgIpc) is 2.28. The van der Waals surface area contributed by atoms with Crippen molar-refractivity contribution in [2.45, 2.75) is 18.2 Å². The number of hydrogen-bond donors (Lipinski definition) is 2. The zero-order chi connectivity index (χ0) is 13.6. The predicted molar refractivity (Wildman–Crippen MR) is 65.0 cm³/mol. The van der Waals surface area contributed by atoms with Crippen molar-refractivity contribution in [3.63, 3.8) is 0 Å². The van der Waals surface area contributed by atoms with E-state index in [1.165, 1.54) is 12.1 Å². The monoisotopic (exact) mass is 273 g/mol. The van der Waals surface area contributed by atoms with E-state index in [9.17, 15) is 13.2 Å². The Kier molecular flexibility index (Phi) is 5.11. The zero-order valence-corrected chi connectivity index (χ0v) is 10.7. The molecule has 1 rings (SSSR count). The van der Waals surface area contributed by atoms with Crippen LogP contribution in [0.4, 0.5) is 4.79 Å². The van der Waals surface area contributed by atoms with Gasteiger partial charge in [0.2, 0.25) is 0 Å². The van der Waals surface area contributed by atoms with Crippen LogP contribution in [0.1, 0.15) is 12.0 Å². The molecule has 0 atom stereocenters. The molecule has 7 heteroatoms. The Morgan fingerprint density at radius 2 is 1.94 bits per heavy atom. The van der Waals surface area contributed by atoms with E-state index in [-0.39, 0.29) is 24.5 Å². The maximum Gasteiger partial charge on any atom is 0.404 e. The Bertz CT molecular complexity index is 495. The molecular formula is C11H15NO5S. The van der Waals surface area contributed by atoms with E-state index in [0.717, 1.165) is 5.56 Å². The quantitative estimate of drug-likeness (QED) is 0.603. The summed E-state index contributed by atoms with van der Waals surface area (Å²) < 4.78 is 28.1. The molecule has 1 amide bonds. The first kappa shape index (κ1) is 14.5. The van der Waals surface area contributed by atoms with E-state index in [2.05, 4.69) is 5.32 Å². The molecule has 0 heterocycles. The van der Waals surface area contributed by atoms with Crippen molar-refractivity contribution >= 4 is 16.2 Å². The number of nitrogens with one attached hydrogen (secondary N) is 1. The van der Waals surface area contributed by atoms with Gasteiger partial charge in [-0.3, -0.25) is 4.18 Å². The number of carboxylic acid groups (broad SMARTS) is 1.